The lowest BCUT2D eigenvalue weighted by Crippen LogP contribution is -2.14. The number of hydrogen-bond acceptors (Lipinski definition) is 4. The molecule has 0 aliphatic carbocycles. The van der Waals surface area contributed by atoms with E-state index in [9.17, 15) is 14.9 Å². The second-order valence-electron chi connectivity index (χ2n) is 6.36. The number of carbonyl (C=O) groups is 1. The fourth-order valence-electron chi connectivity index (χ4n) is 2.94. The summed E-state index contributed by atoms with van der Waals surface area (Å²) in [4.78, 5) is 27.7. The van der Waals surface area contributed by atoms with Crippen molar-refractivity contribution >= 4 is 23.1 Å². The SMILES string of the molecule is Cc1ccc(-c2nc3ccccn3c2NC(=O)c2ccc([N+](=O)[O-])cc2)cc1. The van der Waals surface area contributed by atoms with Gasteiger partial charge in [0.15, 0.2) is 0 Å². The lowest BCUT2D eigenvalue weighted by molar-refractivity contribution is -0.384. The van der Waals surface area contributed by atoms with Gasteiger partial charge in [0.25, 0.3) is 11.6 Å². The van der Waals surface area contributed by atoms with E-state index in [0.29, 0.717) is 22.7 Å². The van der Waals surface area contributed by atoms with Gasteiger partial charge in [0.1, 0.15) is 17.2 Å². The molecule has 0 saturated carbocycles. The van der Waals surface area contributed by atoms with Gasteiger partial charge >= 0.3 is 0 Å². The molecule has 2 heterocycles. The van der Waals surface area contributed by atoms with Crippen molar-refractivity contribution in [2.75, 3.05) is 5.32 Å². The molecule has 0 unspecified atom stereocenters. The molecule has 28 heavy (non-hydrogen) atoms. The van der Waals surface area contributed by atoms with Crippen molar-refractivity contribution in [3.05, 3.63) is 94.2 Å². The normalized spacial score (nSPS) is 10.8. The highest BCUT2D eigenvalue weighted by atomic mass is 16.6. The standard InChI is InChI=1S/C21H16N4O3/c1-14-5-7-15(8-6-14)19-20(24-13-3-2-4-18(24)22-19)23-21(26)16-9-11-17(12-10-16)25(27)28/h2-13H,1H3,(H,23,26). The Hall–Kier alpha value is -4.00. The third-order valence-corrected chi connectivity index (χ3v) is 4.43. The maximum absolute atomic E-state index is 12.8. The van der Waals surface area contributed by atoms with Crippen molar-refractivity contribution in [3.63, 3.8) is 0 Å². The fraction of sp³-hybridized carbons (Fsp3) is 0.0476. The van der Waals surface area contributed by atoms with Crippen LogP contribution in [0.25, 0.3) is 16.9 Å². The molecule has 1 amide bonds. The van der Waals surface area contributed by atoms with E-state index in [0.717, 1.165) is 11.1 Å². The van der Waals surface area contributed by atoms with E-state index in [4.69, 9.17) is 0 Å². The minimum absolute atomic E-state index is 0.0632. The van der Waals surface area contributed by atoms with Gasteiger partial charge in [-0.05, 0) is 31.2 Å². The number of anilines is 1. The van der Waals surface area contributed by atoms with E-state index in [-0.39, 0.29) is 11.6 Å². The third-order valence-electron chi connectivity index (χ3n) is 4.43. The maximum Gasteiger partial charge on any atom is 0.269 e. The van der Waals surface area contributed by atoms with Crippen LogP contribution < -0.4 is 5.32 Å². The lowest BCUT2D eigenvalue weighted by atomic mass is 10.1. The van der Waals surface area contributed by atoms with Crippen LogP contribution in [-0.2, 0) is 0 Å². The van der Waals surface area contributed by atoms with E-state index in [1.807, 2.05) is 55.6 Å². The summed E-state index contributed by atoms with van der Waals surface area (Å²) in [5.74, 6) is 0.178. The predicted molar refractivity (Wildman–Crippen MR) is 106 cm³/mol. The van der Waals surface area contributed by atoms with Crippen LogP contribution in [0.3, 0.4) is 0 Å². The highest BCUT2D eigenvalue weighted by Gasteiger charge is 2.17. The molecule has 0 aliphatic rings. The zero-order valence-corrected chi connectivity index (χ0v) is 15.0. The van der Waals surface area contributed by atoms with Gasteiger partial charge in [0.05, 0.1) is 4.92 Å². The van der Waals surface area contributed by atoms with Crippen LogP contribution in [0.1, 0.15) is 15.9 Å². The Bertz CT molecular complexity index is 1180. The van der Waals surface area contributed by atoms with E-state index in [1.165, 1.54) is 24.3 Å². The number of nitrogens with one attached hydrogen (secondary N) is 1. The molecule has 138 valence electrons. The number of nitro benzene ring substituents is 1. The van der Waals surface area contributed by atoms with Crippen molar-refractivity contribution in [1.82, 2.24) is 9.38 Å². The number of nitro groups is 1. The maximum atomic E-state index is 12.8. The van der Waals surface area contributed by atoms with Crippen LogP contribution >= 0.6 is 0 Å². The van der Waals surface area contributed by atoms with Crippen molar-refractivity contribution in [1.29, 1.82) is 0 Å². The highest BCUT2D eigenvalue weighted by Crippen LogP contribution is 2.29. The fourth-order valence-corrected chi connectivity index (χ4v) is 2.94. The largest absolute Gasteiger partial charge is 0.306 e. The summed E-state index contributed by atoms with van der Waals surface area (Å²) in [6.45, 7) is 2.00. The second-order valence-corrected chi connectivity index (χ2v) is 6.36. The van der Waals surface area contributed by atoms with E-state index in [1.54, 1.807) is 4.40 Å². The number of non-ortho nitro benzene ring substituents is 1. The Morgan fingerprint density at radius 1 is 1.04 bits per heavy atom. The average Bonchev–Trinajstić information content (AvgIpc) is 3.07. The van der Waals surface area contributed by atoms with Crippen LogP contribution in [0.4, 0.5) is 11.5 Å². The monoisotopic (exact) mass is 372 g/mol. The molecule has 4 rings (SSSR count). The first-order chi connectivity index (χ1) is 13.5. The number of carbonyl (C=O) groups excluding carboxylic acids is 1. The number of aromatic nitrogens is 2. The smallest absolute Gasteiger partial charge is 0.269 e. The van der Waals surface area contributed by atoms with Crippen LogP contribution in [0.5, 0.6) is 0 Å². The third kappa shape index (κ3) is 3.21. The molecule has 4 aromatic rings. The molecular formula is C21H16N4O3. The molecule has 0 atom stereocenters. The molecule has 0 aliphatic heterocycles. The number of aryl methyl sites for hydroxylation is 1. The molecule has 0 bridgehead atoms. The molecule has 7 nitrogen and oxygen atoms in total. The van der Waals surface area contributed by atoms with Crippen LogP contribution in [0.15, 0.2) is 72.9 Å². The number of amides is 1. The number of hydrogen-bond donors (Lipinski definition) is 1. The number of benzene rings is 2. The molecule has 2 aromatic heterocycles. The topological polar surface area (TPSA) is 89.5 Å². The van der Waals surface area contributed by atoms with Gasteiger partial charge in [-0.3, -0.25) is 19.3 Å². The Kier molecular flexibility index (Phi) is 4.33. The number of rotatable bonds is 4. The van der Waals surface area contributed by atoms with Crippen molar-refractivity contribution < 1.29 is 9.72 Å². The van der Waals surface area contributed by atoms with E-state index < -0.39 is 4.92 Å². The molecule has 0 fully saturated rings. The van der Waals surface area contributed by atoms with Gasteiger partial charge in [-0.25, -0.2) is 4.98 Å². The first kappa shape index (κ1) is 17.4. The number of imidazole rings is 1. The summed E-state index contributed by atoms with van der Waals surface area (Å²) in [6, 6.07) is 19.0. The number of nitrogens with zero attached hydrogens (tertiary/aromatic N) is 3. The Morgan fingerprint density at radius 3 is 2.43 bits per heavy atom. The van der Waals surface area contributed by atoms with Gasteiger partial charge in [0.2, 0.25) is 0 Å². The van der Waals surface area contributed by atoms with Gasteiger partial charge in [0, 0.05) is 29.5 Å². The molecule has 7 heteroatoms. The Morgan fingerprint density at radius 2 is 1.75 bits per heavy atom. The van der Waals surface area contributed by atoms with Crippen LogP contribution in [-0.4, -0.2) is 20.2 Å². The van der Waals surface area contributed by atoms with Gasteiger partial charge in [-0.2, -0.15) is 0 Å². The van der Waals surface area contributed by atoms with E-state index >= 15 is 0 Å². The Balaban J connectivity index is 1.74. The molecule has 0 radical (unpaired) electrons. The molecule has 0 saturated heterocycles. The summed E-state index contributed by atoms with van der Waals surface area (Å²) >= 11 is 0. The summed E-state index contributed by atoms with van der Waals surface area (Å²) in [6.07, 6.45) is 1.82. The van der Waals surface area contributed by atoms with Crippen LogP contribution in [0.2, 0.25) is 0 Å². The zero-order valence-electron chi connectivity index (χ0n) is 15.0. The summed E-state index contributed by atoms with van der Waals surface area (Å²) < 4.78 is 1.80. The minimum Gasteiger partial charge on any atom is -0.306 e. The molecular weight excluding hydrogens is 356 g/mol. The number of fused-ring (bicyclic) bond motifs is 1. The predicted octanol–water partition coefficient (Wildman–Crippen LogP) is 4.47. The van der Waals surface area contributed by atoms with Crippen molar-refractivity contribution in [2.45, 2.75) is 6.92 Å². The lowest BCUT2D eigenvalue weighted by Gasteiger charge is -2.08. The summed E-state index contributed by atoms with van der Waals surface area (Å²) in [7, 11) is 0. The molecule has 2 aromatic carbocycles. The quantitative estimate of drug-likeness (QED) is 0.423. The van der Waals surface area contributed by atoms with Gasteiger partial charge < -0.3 is 5.32 Å². The van der Waals surface area contributed by atoms with E-state index in [2.05, 4.69) is 10.3 Å². The van der Waals surface area contributed by atoms with Gasteiger partial charge in [-0.15, -0.1) is 0 Å². The van der Waals surface area contributed by atoms with Crippen LogP contribution in [0, 0.1) is 17.0 Å². The van der Waals surface area contributed by atoms with Crippen molar-refractivity contribution in [3.8, 4) is 11.3 Å². The first-order valence-corrected chi connectivity index (χ1v) is 8.63. The second kappa shape index (κ2) is 6.96. The average molecular weight is 372 g/mol. The zero-order chi connectivity index (χ0) is 19.7. The Labute approximate surface area is 160 Å². The minimum atomic E-state index is -0.498. The summed E-state index contributed by atoms with van der Waals surface area (Å²) in [5.41, 5.74) is 3.63. The molecule has 0 spiro atoms. The van der Waals surface area contributed by atoms with Gasteiger partial charge in [-0.1, -0.05) is 35.9 Å². The summed E-state index contributed by atoms with van der Waals surface area (Å²) in [5, 5.41) is 13.7. The first-order valence-electron chi connectivity index (χ1n) is 8.63. The molecule has 1 N–H and O–H groups in total. The van der Waals surface area contributed by atoms with Crippen molar-refractivity contribution in [2.24, 2.45) is 0 Å². The number of pyridine rings is 1. The highest BCUT2D eigenvalue weighted by molar-refractivity contribution is 6.05.